The van der Waals surface area contributed by atoms with Gasteiger partial charge in [-0.05, 0) is 6.42 Å². The van der Waals surface area contributed by atoms with Crippen LogP contribution in [-0.2, 0) is 14.4 Å². The van der Waals surface area contributed by atoms with Gasteiger partial charge in [-0.25, -0.2) is 4.90 Å². The minimum Gasteiger partial charge on any atom is -0.387 e. The molecule has 0 saturated carbocycles. The molecule has 0 radical (unpaired) electrons. The number of carbonyl (C=O) groups excluding carboxylic acids is 3. The molecular weight excluding hydrogens is 310 g/mol. The maximum atomic E-state index is 11.9. The number of hydrogen-bond donors (Lipinski definition) is 2. The number of rotatable bonds is 14. The van der Waals surface area contributed by atoms with Crippen LogP contribution in [0.1, 0.15) is 84.0 Å². The monoisotopic (exact) mass is 343 g/mol. The number of imide groups is 3. The molecule has 2 N–H and O–H groups in total. The van der Waals surface area contributed by atoms with E-state index >= 15 is 0 Å². The van der Waals surface area contributed by atoms with E-state index in [-0.39, 0.29) is 6.42 Å². The van der Waals surface area contributed by atoms with Crippen LogP contribution in [0.15, 0.2) is 0 Å². The van der Waals surface area contributed by atoms with Crippen molar-refractivity contribution in [1.82, 2.24) is 4.90 Å². The van der Waals surface area contributed by atoms with Gasteiger partial charge in [0.15, 0.2) is 0 Å². The summed E-state index contributed by atoms with van der Waals surface area (Å²) >= 11 is 0. The van der Waals surface area contributed by atoms with Gasteiger partial charge in [0.25, 0.3) is 11.8 Å². The summed E-state index contributed by atoms with van der Waals surface area (Å²) in [5.41, 5.74) is 0. The van der Waals surface area contributed by atoms with Gasteiger partial charge in [0, 0.05) is 6.42 Å². The van der Waals surface area contributed by atoms with Crippen LogP contribution in [-0.4, -0.2) is 46.0 Å². The van der Waals surface area contributed by atoms with Gasteiger partial charge < -0.3 is 10.2 Å². The molecule has 0 atom stereocenters. The second-order valence-electron chi connectivity index (χ2n) is 6.12. The molecule has 0 unspecified atom stereocenters. The number of amides is 3. The first-order valence-corrected chi connectivity index (χ1v) is 9.18. The van der Waals surface area contributed by atoms with Gasteiger partial charge in [0.1, 0.15) is 13.2 Å². The van der Waals surface area contributed by atoms with E-state index in [0.717, 1.165) is 19.3 Å². The number of nitrogens with zero attached hydrogens (tertiary/aromatic N) is 1. The van der Waals surface area contributed by atoms with Crippen LogP contribution in [0.25, 0.3) is 0 Å². The Labute approximate surface area is 145 Å². The first-order valence-electron chi connectivity index (χ1n) is 9.18. The average molecular weight is 343 g/mol. The Hall–Kier alpha value is -1.27. The lowest BCUT2D eigenvalue weighted by molar-refractivity contribution is -0.156. The van der Waals surface area contributed by atoms with Crippen LogP contribution in [0.3, 0.4) is 0 Å². The van der Waals surface area contributed by atoms with Gasteiger partial charge in [-0.3, -0.25) is 14.4 Å². The van der Waals surface area contributed by atoms with Crippen LogP contribution in [0.5, 0.6) is 0 Å². The highest BCUT2D eigenvalue weighted by Crippen LogP contribution is 2.12. The molecule has 0 bridgehead atoms. The number of unbranched alkanes of at least 4 members (excludes halogenated alkanes) is 10. The summed E-state index contributed by atoms with van der Waals surface area (Å²) in [6.07, 6.45) is 12.7. The summed E-state index contributed by atoms with van der Waals surface area (Å²) in [4.78, 5) is 35.0. The van der Waals surface area contributed by atoms with Crippen molar-refractivity contribution in [3.8, 4) is 0 Å². The molecule has 3 amide bonds. The first kappa shape index (κ1) is 22.7. The van der Waals surface area contributed by atoms with E-state index in [0.29, 0.717) is 11.3 Å². The molecule has 0 aliphatic carbocycles. The van der Waals surface area contributed by atoms with Gasteiger partial charge >= 0.3 is 0 Å². The van der Waals surface area contributed by atoms with Crippen LogP contribution in [0, 0.1) is 0 Å². The van der Waals surface area contributed by atoms with Crippen molar-refractivity contribution < 1.29 is 24.6 Å². The Morgan fingerprint density at radius 3 is 1.38 bits per heavy atom. The van der Waals surface area contributed by atoms with E-state index in [9.17, 15) is 14.4 Å². The Balaban J connectivity index is 3.73. The van der Waals surface area contributed by atoms with Crippen LogP contribution in [0.4, 0.5) is 0 Å². The summed E-state index contributed by atoms with van der Waals surface area (Å²) in [5.74, 6) is -2.62. The lowest BCUT2D eigenvalue weighted by Gasteiger charge is -2.16. The largest absolute Gasteiger partial charge is 0.387 e. The highest BCUT2D eigenvalue weighted by molar-refractivity contribution is 6.11. The SMILES string of the molecule is CCCCCCCCCCCCCC(=O)N(C(=O)CO)C(=O)CO. The maximum absolute atomic E-state index is 11.9. The molecule has 0 aromatic rings. The quantitative estimate of drug-likeness (QED) is 0.473. The van der Waals surface area contributed by atoms with Crippen molar-refractivity contribution in [3.63, 3.8) is 0 Å². The molecule has 0 aliphatic rings. The fourth-order valence-electron chi connectivity index (χ4n) is 2.61. The van der Waals surface area contributed by atoms with E-state index in [1.165, 1.54) is 44.9 Å². The fourth-order valence-corrected chi connectivity index (χ4v) is 2.61. The molecular formula is C18H33NO5. The molecule has 24 heavy (non-hydrogen) atoms. The molecule has 0 saturated heterocycles. The molecule has 0 aromatic heterocycles. The van der Waals surface area contributed by atoms with E-state index in [1.807, 2.05) is 0 Å². The smallest absolute Gasteiger partial charge is 0.261 e. The zero-order valence-corrected chi connectivity index (χ0v) is 15.0. The molecule has 0 heterocycles. The summed E-state index contributed by atoms with van der Waals surface area (Å²) in [5, 5.41) is 17.6. The van der Waals surface area contributed by atoms with Crippen LogP contribution < -0.4 is 0 Å². The lowest BCUT2D eigenvalue weighted by Crippen LogP contribution is -2.44. The van der Waals surface area contributed by atoms with E-state index in [1.54, 1.807) is 0 Å². The number of aliphatic hydroxyl groups is 2. The molecule has 6 nitrogen and oxygen atoms in total. The van der Waals surface area contributed by atoms with Crippen molar-refractivity contribution in [2.24, 2.45) is 0 Å². The minimum atomic E-state index is -0.984. The summed E-state index contributed by atoms with van der Waals surface area (Å²) < 4.78 is 0. The van der Waals surface area contributed by atoms with Crippen molar-refractivity contribution in [3.05, 3.63) is 0 Å². The zero-order valence-electron chi connectivity index (χ0n) is 15.0. The lowest BCUT2D eigenvalue weighted by atomic mass is 10.1. The Morgan fingerprint density at radius 1 is 0.625 bits per heavy atom. The molecule has 0 aromatic carbocycles. The summed E-state index contributed by atoms with van der Waals surface area (Å²) in [6.45, 7) is 0.370. The van der Waals surface area contributed by atoms with E-state index < -0.39 is 30.9 Å². The molecule has 140 valence electrons. The third-order valence-electron chi connectivity index (χ3n) is 4.01. The number of aliphatic hydroxyl groups excluding tert-OH is 2. The highest BCUT2D eigenvalue weighted by Gasteiger charge is 2.26. The third kappa shape index (κ3) is 10.5. The van der Waals surface area contributed by atoms with Crippen LogP contribution >= 0.6 is 0 Å². The van der Waals surface area contributed by atoms with Crippen molar-refractivity contribution in [1.29, 1.82) is 0 Å². The predicted octanol–water partition coefficient (Wildman–Crippen LogP) is 2.55. The standard InChI is InChI=1S/C18H33NO5/c1-2-3-4-5-6-7-8-9-10-11-12-13-16(22)19(17(23)14-20)18(24)15-21/h20-21H,2-15H2,1H3. The van der Waals surface area contributed by atoms with Crippen molar-refractivity contribution >= 4 is 17.7 Å². The van der Waals surface area contributed by atoms with Gasteiger partial charge in [0.05, 0.1) is 0 Å². The molecule has 0 fully saturated rings. The van der Waals surface area contributed by atoms with Gasteiger partial charge in [-0.15, -0.1) is 0 Å². The highest BCUT2D eigenvalue weighted by atomic mass is 16.3. The molecule has 0 spiro atoms. The van der Waals surface area contributed by atoms with Gasteiger partial charge in [0.2, 0.25) is 5.91 Å². The average Bonchev–Trinajstić information content (AvgIpc) is 2.59. The number of hydrogen-bond acceptors (Lipinski definition) is 5. The molecule has 0 rings (SSSR count). The molecule has 6 heteroatoms. The van der Waals surface area contributed by atoms with Crippen LogP contribution in [0.2, 0.25) is 0 Å². The van der Waals surface area contributed by atoms with Crippen molar-refractivity contribution in [2.45, 2.75) is 84.0 Å². The normalized spacial score (nSPS) is 10.6. The predicted molar refractivity (Wildman–Crippen MR) is 92.1 cm³/mol. The Kier molecular flexibility index (Phi) is 14.5. The maximum Gasteiger partial charge on any atom is 0.261 e. The zero-order chi connectivity index (χ0) is 18.2. The fraction of sp³-hybridized carbons (Fsp3) is 0.833. The second-order valence-corrected chi connectivity index (χ2v) is 6.12. The third-order valence-corrected chi connectivity index (χ3v) is 4.01. The van der Waals surface area contributed by atoms with E-state index in [2.05, 4.69) is 6.92 Å². The summed E-state index contributed by atoms with van der Waals surface area (Å²) in [6, 6.07) is 0. The van der Waals surface area contributed by atoms with Crippen molar-refractivity contribution in [2.75, 3.05) is 13.2 Å². The minimum absolute atomic E-state index is 0.0779. The summed E-state index contributed by atoms with van der Waals surface area (Å²) in [7, 11) is 0. The Morgan fingerprint density at radius 2 is 1.00 bits per heavy atom. The van der Waals surface area contributed by atoms with E-state index in [4.69, 9.17) is 10.2 Å². The number of carbonyl (C=O) groups is 3. The van der Waals surface area contributed by atoms with Gasteiger partial charge in [-0.2, -0.15) is 0 Å². The van der Waals surface area contributed by atoms with Gasteiger partial charge in [-0.1, -0.05) is 71.1 Å². The second kappa shape index (κ2) is 15.3. The Bertz CT molecular complexity index is 354. The topological polar surface area (TPSA) is 94.9 Å². The first-order chi connectivity index (χ1) is 11.6. The molecule has 0 aliphatic heterocycles.